The van der Waals surface area contributed by atoms with Crippen molar-refractivity contribution in [1.82, 2.24) is 9.97 Å². The first kappa shape index (κ1) is 19.4. The van der Waals surface area contributed by atoms with Gasteiger partial charge in [0.05, 0.1) is 0 Å². The van der Waals surface area contributed by atoms with E-state index in [1.54, 1.807) is 12.4 Å². The second kappa shape index (κ2) is 8.10. The van der Waals surface area contributed by atoms with Crippen molar-refractivity contribution in [1.29, 1.82) is 0 Å². The molecule has 0 amide bonds. The summed E-state index contributed by atoms with van der Waals surface area (Å²) >= 11 is 0. The molecule has 0 atom stereocenters. The average molecular weight is 383 g/mol. The number of nitrogens with one attached hydrogen (secondary N) is 1. The van der Waals surface area contributed by atoms with Crippen molar-refractivity contribution in [3.63, 3.8) is 0 Å². The molecule has 1 heterocycles. The highest BCUT2D eigenvalue weighted by Gasteiger charge is 2.29. The molecule has 1 aliphatic rings. The Hall–Kier alpha value is -2.38. The maximum atomic E-state index is 14.0. The van der Waals surface area contributed by atoms with Crippen LogP contribution in [0.15, 0.2) is 30.6 Å². The van der Waals surface area contributed by atoms with Crippen LogP contribution in [0.4, 0.5) is 23.5 Å². The summed E-state index contributed by atoms with van der Waals surface area (Å²) in [5, 5.41) is 3.31. The number of anilines is 1. The van der Waals surface area contributed by atoms with E-state index in [9.17, 15) is 17.6 Å². The average Bonchev–Trinajstić information content (AvgIpc) is 2.62. The first-order valence-electron chi connectivity index (χ1n) is 8.88. The zero-order valence-corrected chi connectivity index (χ0v) is 14.9. The van der Waals surface area contributed by atoms with E-state index in [0.717, 1.165) is 24.8 Å². The fourth-order valence-corrected chi connectivity index (χ4v) is 3.10. The Morgan fingerprint density at radius 2 is 1.74 bits per heavy atom. The van der Waals surface area contributed by atoms with Gasteiger partial charge in [0, 0.05) is 24.0 Å². The van der Waals surface area contributed by atoms with Crippen LogP contribution in [-0.2, 0) is 0 Å². The van der Waals surface area contributed by atoms with Gasteiger partial charge in [0.2, 0.25) is 5.95 Å². The second-order valence-electron chi connectivity index (χ2n) is 6.95. The number of aromatic nitrogens is 2. The Kier molecular flexibility index (Phi) is 5.82. The zero-order chi connectivity index (χ0) is 19.4. The van der Waals surface area contributed by atoms with Crippen molar-refractivity contribution >= 4 is 5.95 Å². The highest BCUT2D eigenvalue weighted by molar-refractivity contribution is 5.63. The van der Waals surface area contributed by atoms with Crippen molar-refractivity contribution in [2.75, 3.05) is 11.9 Å². The summed E-state index contributed by atoms with van der Waals surface area (Å²) in [6.45, 7) is 0.715. The summed E-state index contributed by atoms with van der Waals surface area (Å²) in [5.41, 5.74) is 1.03. The molecule has 1 aromatic heterocycles. The first-order chi connectivity index (χ1) is 12.8. The molecule has 8 heteroatoms. The lowest BCUT2D eigenvalue weighted by molar-refractivity contribution is -0.153. The summed E-state index contributed by atoms with van der Waals surface area (Å²) < 4.78 is 55.0. The van der Waals surface area contributed by atoms with Crippen molar-refractivity contribution in [2.24, 2.45) is 5.92 Å². The normalized spacial score (nSPS) is 20.3. The number of alkyl halides is 3. The number of ether oxygens (including phenoxy) is 1. The predicted octanol–water partition coefficient (Wildman–Crippen LogP) is 5.21. The third kappa shape index (κ3) is 5.55. The zero-order valence-electron chi connectivity index (χ0n) is 14.9. The predicted molar refractivity (Wildman–Crippen MR) is 94.0 cm³/mol. The van der Waals surface area contributed by atoms with Gasteiger partial charge in [0.25, 0.3) is 0 Å². The lowest BCUT2D eigenvalue weighted by atomic mass is 9.87. The van der Waals surface area contributed by atoms with Gasteiger partial charge in [-0.1, -0.05) is 13.0 Å². The lowest BCUT2D eigenvalue weighted by Gasteiger charge is -2.26. The second-order valence-corrected chi connectivity index (χ2v) is 6.95. The molecule has 4 nitrogen and oxygen atoms in total. The van der Waals surface area contributed by atoms with Gasteiger partial charge in [0.15, 0.2) is 18.2 Å². The van der Waals surface area contributed by atoms with E-state index in [2.05, 4.69) is 26.9 Å². The number of nitrogens with zero attached hydrogens (tertiary/aromatic N) is 2. The van der Waals surface area contributed by atoms with Gasteiger partial charge < -0.3 is 10.1 Å². The van der Waals surface area contributed by atoms with Crippen LogP contribution < -0.4 is 10.1 Å². The third-order valence-electron chi connectivity index (χ3n) is 4.66. The van der Waals surface area contributed by atoms with Crippen LogP contribution in [0.3, 0.4) is 0 Å². The smallest absolute Gasteiger partial charge is 0.422 e. The molecule has 0 bridgehead atoms. The third-order valence-corrected chi connectivity index (χ3v) is 4.66. The maximum absolute atomic E-state index is 14.0. The van der Waals surface area contributed by atoms with E-state index in [1.165, 1.54) is 25.0 Å². The maximum Gasteiger partial charge on any atom is 0.422 e. The molecule has 146 valence electrons. The van der Waals surface area contributed by atoms with Gasteiger partial charge >= 0.3 is 6.18 Å². The van der Waals surface area contributed by atoms with E-state index >= 15 is 0 Å². The van der Waals surface area contributed by atoms with Crippen LogP contribution >= 0.6 is 0 Å². The van der Waals surface area contributed by atoms with Crippen LogP contribution in [0, 0.1) is 11.7 Å². The summed E-state index contributed by atoms with van der Waals surface area (Å²) in [4.78, 5) is 8.53. The molecular weight excluding hydrogens is 362 g/mol. The number of rotatable bonds is 5. The molecule has 1 aromatic carbocycles. The van der Waals surface area contributed by atoms with E-state index in [4.69, 9.17) is 0 Å². The van der Waals surface area contributed by atoms with Crippen LogP contribution in [0.1, 0.15) is 32.6 Å². The van der Waals surface area contributed by atoms with Gasteiger partial charge in [-0.15, -0.1) is 0 Å². The highest BCUT2D eigenvalue weighted by atomic mass is 19.4. The van der Waals surface area contributed by atoms with Crippen LogP contribution in [-0.4, -0.2) is 28.8 Å². The molecule has 0 saturated heterocycles. The first-order valence-corrected chi connectivity index (χ1v) is 8.88. The van der Waals surface area contributed by atoms with E-state index in [-0.39, 0.29) is 0 Å². The van der Waals surface area contributed by atoms with E-state index < -0.39 is 24.3 Å². The number of hydrogen-bond donors (Lipinski definition) is 1. The Morgan fingerprint density at radius 3 is 2.33 bits per heavy atom. The van der Waals surface area contributed by atoms with Gasteiger partial charge in [-0.2, -0.15) is 13.2 Å². The summed E-state index contributed by atoms with van der Waals surface area (Å²) in [5.74, 6) is -0.0367. The molecule has 0 spiro atoms. The number of hydrogen-bond acceptors (Lipinski definition) is 4. The largest absolute Gasteiger partial charge is 0.481 e. The lowest BCUT2D eigenvalue weighted by Crippen LogP contribution is -2.26. The Bertz CT molecular complexity index is 757. The Balaban J connectivity index is 1.63. The minimum atomic E-state index is -4.52. The summed E-state index contributed by atoms with van der Waals surface area (Å²) in [6.07, 6.45) is 3.12. The molecule has 0 unspecified atom stereocenters. The van der Waals surface area contributed by atoms with Gasteiger partial charge in [0.1, 0.15) is 0 Å². The van der Waals surface area contributed by atoms with Crippen molar-refractivity contribution in [3.8, 4) is 16.9 Å². The molecule has 1 fully saturated rings. The molecule has 1 aliphatic carbocycles. The van der Waals surface area contributed by atoms with E-state index in [1.807, 2.05) is 0 Å². The van der Waals surface area contributed by atoms with Crippen molar-refractivity contribution < 1.29 is 22.3 Å². The minimum absolute atomic E-state index is 0.356. The number of halogens is 4. The monoisotopic (exact) mass is 383 g/mol. The topological polar surface area (TPSA) is 47.0 Å². The molecule has 1 N–H and O–H groups in total. The fourth-order valence-electron chi connectivity index (χ4n) is 3.10. The van der Waals surface area contributed by atoms with Gasteiger partial charge in [-0.05, 0) is 49.3 Å². The molecule has 3 rings (SSSR count). The molecule has 0 aliphatic heterocycles. The standard InChI is InChI=1S/C19H21F4N3O/c1-12-2-5-15(6-3-12)26-18-24-9-14(10-25-18)13-4-7-17(16(20)8-13)27-11-19(21,22)23/h4,7-10,12,15H,2-3,5-6,11H2,1H3,(H,24,25,26). The Morgan fingerprint density at radius 1 is 1.07 bits per heavy atom. The van der Waals surface area contributed by atoms with Crippen molar-refractivity contribution in [3.05, 3.63) is 36.4 Å². The van der Waals surface area contributed by atoms with Crippen LogP contribution in [0.5, 0.6) is 5.75 Å². The van der Waals surface area contributed by atoms with Gasteiger partial charge in [-0.25, -0.2) is 14.4 Å². The molecule has 1 saturated carbocycles. The van der Waals surface area contributed by atoms with Crippen LogP contribution in [0.2, 0.25) is 0 Å². The molecule has 0 radical (unpaired) electrons. The SMILES string of the molecule is CC1CCC(Nc2ncc(-c3ccc(OCC(F)(F)F)c(F)c3)cn2)CC1. The quantitative estimate of drug-likeness (QED) is 0.720. The summed E-state index contributed by atoms with van der Waals surface area (Å²) in [7, 11) is 0. The molecule has 27 heavy (non-hydrogen) atoms. The number of benzene rings is 1. The van der Waals surface area contributed by atoms with Crippen molar-refractivity contribution in [2.45, 2.75) is 44.8 Å². The Labute approximate surface area is 155 Å². The molecule has 2 aromatic rings. The fraction of sp³-hybridized carbons (Fsp3) is 0.474. The molecular formula is C19H21F4N3O. The summed E-state index contributed by atoms with van der Waals surface area (Å²) in [6, 6.07) is 4.11. The van der Waals surface area contributed by atoms with Crippen LogP contribution in [0.25, 0.3) is 11.1 Å². The highest BCUT2D eigenvalue weighted by Crippen LogP contribution is 2.28. The minimum Gasteiger partial charge on any atom is -0.481 e. The van der Waals surface area contributed by atoms with Gasteiger partial charge in [-0.3, -0.25) is 0 Å². The van der Waals surface area contributed by atoms with E-state index in [0.29, 0.717) is 23.1 Å².